The van der Waals surface area contributed by atoms with Crippen LogP contribution in [0.5, 0.6) is 0 Å². The van der Waals surface area contributed by atoms with Gasteiger partial charge in [-0.1, -0.05) is 0 Å². The largest absolute Gasteiger partial charge is 0.477 e. The number of rotatable bonds is 4. The number of carbonyl (C=O) groups is 2. The van der Waals surface area contributed by atoms with Crippen LogP contribution in [0.2, 0.25) is 0 Å². The molecule has 27 heavy (non-hydrogen) atoms. The molecule has 0 aliphatic carbocycles. The maximum atomic E-state index is 11.6. The molecule has 3 rings (SSSR count). The van der Waals surface area contributed by atoms with Crippen molar-refractivity contribution in [2.75, 3.05) is 11.9 Å². The van der Waals surface area contributed by atoms with Gasteiger partial charge in [0.05, 0.1) is 6.33 Å². The second kappa shape index (κ2) is 9.51. The van der Waals surface area contributed by atoms with Gasteiger partial charge in [-0.2, -0.15) is 0 Å². The Labute approximate surface area is 153 Å². The number of hydrogen-bond donors (Lipinski definition) is 5. The van der Waals surface area contributed by atoms with E-state index in [2.05, 4.69) is 30.6 Å². The zero-order chi connectivity index (χ0) is 19.6. The van der Waals surface area contributed by atoms with Gasteiger partial charge in [0.15, 0.2) is 0 Å². The number of benzene rings is 1. The van der Waals surface area contributed by atoms with Gasteiger partial charge in [-0.3, -0.25) is 4.79 Å². The Bertz CT molecular complexity index is 918. The molecule has 0 radical (unpaired) electrons. The number of aromatic nitrogens is 4. The Balaban J connectivity index is 0.000000451. The standard InChI is InChI=1S/C14H14N4O4.C3H4N2/c1-2-15-14(22)17-9-5-3-8(4-6-9)11-16-7-10(13(20)21)12(19)18-11;1-2-5-3-4-1/h3-7H,2H2,1H3,(H,20,21)(H2,15,17,22)(H,16,18,19);1-3H,(H,4,5). The molecule has 3 aromatic rings. The molecule has 0 aliphatic heterocycles. The lowest BCUT2D eigenvalue weighted by Gasteiger charge is -2.07. The van der Waals surface area contributed by atoms with Crippen LogP contribution in [-0.4, -0.2) is 43.6 Å². The number of carbonyl (C=O) groups excluding carboxylic acids is 1. The first-order chi connectivity index (χ1) is 13.0. The SMILES string of the molecule is CCNC(=O)Nc1ccc(-c2ncc(C(=O)O)c(=O)[nH]2)cc1.c1c[nH]cn1. The number of carboxylic acids is 1. The van der Waals surface area contributed by atoms with Gasteiger partial charge in [0.1, 0.15) is 11.4 Å². The highest BCUT2D eigenvalue weighted by atomic mass is 16.4. The highest BCUT2D eigenvalue weighted by Gasteiger charge is 2.10. The molecule has 140 valence electrons. The molecule has 10 heteroatoms. The van der Waals surface area contributed by atoms with E-state index in [1.807, 2.05) is 6.92 Å². The van der Waals surface area contributed by atoms with Crippen molar-refractivity contribution in [3.8, 4) is 11.4 Å². The van der Waals surface area contributed by atoms with Gasteiger partial charge in [-0.15, -0.1) is 0 Å². The number of anilines is 1. The maximum Gasteiger partial charge on any atom is 0.342 e. The summed E-state index contributed by atoms with van der Waals surface area (Å²) in [5.41, 5.74) is 0.0370. The Kier molecular flexibility index (Phi) is 6.83. The molecule has 0 atom stereocenters. The summed E-state index contributed by atoms with van der Waals surface area (Å²) in [7, 11) is 0. The topological polar surface area (TPSA) is 153 Å². The summed E-state index contributed by atoms with van der Waals surface area (Å²) in [6.45, 7) is 2.33. The van der Waals surface area contributed by atoms with E-state index in [1.165, 1.54) is 0 Å². The van der Waals surface area contributed by atoms with Crippen molar-refractivity contribution >= 4 is 17.7 Å². The van der Waals surface area contributed by atoms with E-state index in [9.17, 15) is 14.4 Å². The van der Waals surface area contributed by atoms with E-state index < -0.39 is 17.1 Å². The Morgan fingerprint density at radius 2 is 1.96 bits per heavy atom. The number of carboxylic acid groups (broad SMARTS) is 1. The number of H-pyrrole nitrogens is 2. The molecule has 2 amide bonds. The molecule has 2 aromatic heterocycles. The van der Waals surface area contributed by atoms with E-state index in [0.717, 1.165) is 6.20 Å². The molecular weight excluding hydrogens is 352 g/mol. The van der Waals surface area contributed by atoms with Crippen LogP contribution in [-0.2, 0) is 0 Å². The fourth-order valence-electron chi connectivity index (χ4n) is 1.96. The Morgan fingerprint density at radius 1 is 1.22 bits per heavy atom. The van der Waals surface area contributed by atoms with Crippen LogP contribution in [0.3, 0.4) is 0 Å². The summed E-state index contributed by atoms with van der Waals surface area (Å²) >= 11 is 0. The summed E-state index contributed by atoms with van der Waals surface area (Å²) in [6, 6.07) is 6.29. The summed E-state index contributed by atoms with van der Waals surface area (Å²) in [4.78, 5) is 46.5. The molecule has 0 aliphatic rings. The Morgan fingerprint density at radius 3 is 2.44 bits per heavy atom. The van der Waals surface area contributed by atoms with E-state index in [-0.39, 0.29) is 11.9 Å². The molecular formula is C17H18N6O4. The molecule has 5 N–H and O–H groups in total. The van der Waals surface area contributed by atoms with Crippen LogP contribution in [0.15, 0.2) is 54.0 Å². The van der Waals surface area contributed by atoms with Gasteiger partial charge >= 0.3 is 12.0 Å². The second-order valence-corrected chi connectivity index (χ2v) is 5.10. The number of urea groups is 1. The van der Waals surface area contributed by atoms with Gasteiger partial charge < -0.3 is 25.7 Å². The minimum Gasteiger partial charge on any atom is -0.477 e. The number of hydrogen-bond acceptors (Lipinski definition) is 5. The van der Waals surface area contributed by atoms with Crippen molar-refractivity contribution < 1.29 is 14.7 Å². The second-order valence-electron chi connectivity index (χ2n) is 5.10. The summed E-state index contributed by atoms with van der Waals surface area (Å²) < 4.78 is 0. The number of aromatic carboxylic acids is 1. The average molecular weight is 370 g/mol. The number of amides is 2. The fourth-order valence-corrected chi connectivity index (χ4v) is 1.96. The highest BCUT2D eigenvalue weighted by Crippen LogP contribution is 2.17. The van der Waals surface area contributed by atoms with E-state index in [1.54, 1.807) is 43.0 Å². The first kappa shape index (κ1) is 19.4. The molecule has 1 aromatic carbocycles. The van der Waals surface area contributed by atoms with Crippen molar-refractivity contribution in [3.63, 3.8) is 0 Å². The van der Waals surface area contributed by atoms with Crippen molar-refractivity contribution in [1.82, 2.24) is 25.3 Å². The minimum absolute atomic E-state index is 0.250. The number of nitrogens with zero attached hydrogens (tertiary/aromatic N) is 2. The third-order valence-corrected chi connectivity index (χ3v) is 3.19. The lowest BCUT2D eigenvalue weighted by atomic mass is 10.2. The van der Waals surface area contributed by atoms with Crippen LogP contribution in [0.4, 0.5) is 10.5 Å². The third kappa shape index (κ3) is 5.81. The number of aromatic amines is 2. The highest BCUT2D eigenvalue weighted by molar-refractivity contribution is 5.89. The molecule has 0 bridgehead atoms. The summed E-state index contributed by atoms with van der Waals surface area (Å²) in [6.07, 6.45) is 6.09. The van der Waals surface area contributed by atoms with E-state index >= 15 is 0 Å². The third-order valence-electron chi connectivity index (χ3n) is 3.19. The average Bonchev–Trinajstić information content (AvgIpc) is 3.22. The lowest BCUT2D eigenvalue weighted by molar-refractivity contribution is 0.0694. The summed E-state index contributed by atoms with van der Waals surface area (Å²) in [5.74, 6) is -1.08. The normalized spacial score (nSPS) is 9.67. The van der Waals surface area contributed by atoms with E-state index in [4.69, 9.17) is 5.11 Å². The minimum atomic E-state index is -1.33. The molecule has 0 unspecified atom stereocenters. The predicted molar refractivity (Wildman–Crippen MR) is 98.5 cm³/mol. The molecule has 2 heterocycles. The van der Waals surface area contributed by atoms with E-state index in [0.29, 0.717) is 17.8 Å². The molecule has 10 nitrogen and oxygen atoms in total. The summed E-state index contributed by atoms with van der Waals surface area (Å²) in [5, 5.41) is 14.0. The van der Waals surface area contributed by atoms with Crippen LogP contribution in [0, 0.1) is 0 Å². The Hall–Kier alpha value is -3.95. The quantitative estimate of drug-likeness (QED) is 0.471. The zero-order valence-corrected chi connectivity index (χ0v) is 14.4. The van der Waals surface area contributed by atoms with Gasteiger partial charge in [0.25, 0.3) is 5.56 Å². The van der Waals surface area contributed by atoms with Crippen molar-refractivity contribution in [2.24, 2.45) is 0 Å². The van der Waals surface area contributed by atoms with Crippen LogP contribution in [0.25, 0.3) is 11.4 Å². The monoisotopic (exact) mass is 370 g/mol. The lowest BCUT2D eigenvalue weighted by Crippen LogP contribution is -2.28. The van der Waals surface area contributed by atoms with Gasteiger partial charge in [-0.05, 0) is 31.2 Å². The predicted octanol–water partition coefficient (Wildman–Crippen LogP) is 1.69. The van der Waals surface area contributed by atoms with Crippen molar-refractivity contribution in [3.05, 3.63) is 65.1 Å². The smallest absolute Gasteiger partial charge is 0.342 e. The first-order valence-corrected chi connectivity index (χ1v) is 7.92. The van der Waals surface area contributed by atoms with Gasteiger partial charge in [0, 0.05) is 36.4 Å². The van der Waals surface area contributed by atoms with Crippen LogP contribution < -0.4 is 16.2 Å². The van der Waals surface area contributed by atoms with Crippen molar-refractivity contribution in [2.45, 2.75) is 6.92 Å². The number of nitrogens with one attached hydrogen (secondary N) is 4. The van der Waals surface area contributed by atoms with Crippen LogP contribution in [0.1, 0.15) is 17.3 Å². The molecule has 0 saturated heterocycles. The van der Waals surface area contributed by atoms with Crippen molar-refractivity contribution in [1.29, 1.82) is 0 Å². The van der Waals surface area contributed by atoms with Gasteiger partial charge in [-0.25, -0.2) is 19.6 Å². The molecule has 0 fully saturated rings. The zero-order valence-electron chi connectivity index (χ0n) is 14.4. The van der Waals surface area contributed by atoms with Gasteiger partial charge in [0.2, 0.25) is 0 Å². The number of imidazole rings is 1. The van der Waals surface area contributed by atoms with Crippen LogP contribution >= 0.6 is 0 Å². The molecule has 0 saturated carbocycles. The molecule has 0 spiro atoms. The maximum absolute atomic E-state index is 11.6. The first-order valence-electron chi connectivity index (χ1n) is 7.92. The fraction of sp³-hybridized carbons (Fsp3) is 0.118.